The third kappa shape index (κ3) is 5.12. The smallest absolute Gasteiger partial charge is 0.250 e. The second kappa shape index (κ2) is 7.21. The van der Waals surface area contributed by atoms with Crippen molar-refractivity contribution in [3.05, 3.63) is 23.0 Å². The molecule has 1 aromatic heterocycles. The molecular weight excluding hydrogens is 244 g/mol. The molecule has 0 radical (unpaired) electrons. The molecule has 0 saturated carbocycles. The van der Waals surface area contributed by atoms with Crippen LogP contribution in [0.5, 0.6) is 0 Å². The number of amides is 1. The average molecular weight is 259 g/mol. The summed E-state index contributed by atoms with van der Waals surface area (Å²) in [4.78, 5) is 15.4. The highest BCUT2D eigenvalue weighted by Crippen LogP contribution is 2.15. The minimum Gasteiger partial charge on any atom is -0.382 e. The van der Waals surface area contributed by atoms with E-state index in [0.29, 0.717) is 24.1 Å². The maximum absolute atomic E-state index is 11.4. The van der Waals surface area contributed by atoms with Crippen molar-refractivity contribution in [3.63, 3.8) is 0 Å². The number of rotatable bonds is 6. The molecule has 0 aliphatic rings. The van der Waals surface area contributed by atoms with E-state index in [2.05, 4.69) is 10.3 Å². The van der Waals surface area contributed by atoms with Gasteiger partial charge >= 0.3 is 0 Å². The molecule has 0 spiro atoms. The van der Waals surface area contributed by atoms with E-state index in [9.17, 15) is 4.79 Å². The lowest BCUT2D eigenvalue weighted by molar-refractivity contribution is -0.121. The first-order valence-corrected chi connectivity index (χ1v) is 5.50. The number of aromatic nitrogens is 1. The largest absolute Gasteiger partial charge is 0.382 e. The molecule has 1 amide bonds. The highest BCUT2D eigenvalue weighted by Gasteiger charge is 2.04. The van der Waals surface area contributed by atoms with Crippen molar-refractivity contribution in [1.29, 1.82) is 0 Å². The van der Waals surface area contributed by atoms with Crippen LogP contribution in [0.2, 0.25) is 5.15 Å². The molecule has 0 atom stereocenters. The van der Waals surface area contributed by atoms with Crippen molar-refractivity contribution < 1.29 is 14.3 Å². The summed E-state index contributed by atoms with van der Waals surface area (Å²) >= 11 is 5.77. The van der Waals surface area contributed by atoms with Gasteiger partial charge in [0.15, 0.2) is 0 Å². The van der Waals surface area contributed by atoms with E-state index in [1.54, 1.807) is 13.2 Å². The number of nitrogens with zero attached hydrogens (tertiary/aromatic N) is 1. The molecule has 1 aromatic rings. The first kappa shape index (κ1) is 13.9. The molecule has 1 heterocycles. The number of ether oxygens (including phenoxy) is 2. The second-order valence-electron chi connectivity index (χ2n) is 3.43. The molecule has 17 heavy (non-hydrogen) atoms. The van der Waals surface area contributed by atoms with Crippen LogP contribution in [0.3, 0.4) is 0 Å². The highest BCUT2D eigenvalue weighted by molar-refractivity contribution is 6.30. The molecule has 6 heteroatoms. The van der Waals surface area contributed by atoms with Gasteiger partial charge in [-0.25, -0.2) is 4.98 Å². The predicted molar refractivity (Wildman–Crippen MR) is 65.3 cm³/mol. The summed E-state index contributed by atoms with van der Waals surface area (Å²) in [7, 11) is 1.57. The minimum atomic E-state index is -0.232. The molecule has 0 fully saturated rings. The Hall–Kier alpha value is -1.17. The zero-order valence-corrected chi connectivity index (χ0v) is 10.6. The molecule has 5 nitrogen and oxygen atoms in total. The molecule has 1 rings (SSSR count). The van der Waals surface area contributed by atoms with Crippen molar-refractivity contribution in [1.82, 2.24) is 4.98 Å². The number of nitrogens with one attached hydrogen (secondary N) is 1. The summed E-state index contributed by atoms with van der Waals surface area (Å²) in [6.45, 7) is 2.67. The molecule has 1 N–H and O–H groups in total. The normalized spacial score (nSPS) is 10.3. The summed E-state index contributed by atoms with van der Waals surface area (Å²) in [6, 6.07) is 1.75. The van der Waals surface area contributed by atoms with Crippen LogP contribution in [-0.2, 0) is 14.3 Å². The maximum Gasteiger partial charge on any atom is 0.250 e. The number of halogens is 1. The SMILES string of the molecule is COCCOCC(=O)Nc1cnc(Cl)c(C)c1. The van der Waals surface area contributed by atoms with Crippen molar-refractivity contribution in [2.45, 2.75) is 6.92 Å². The average Bonchev–Trinajstić information content (AvgIpc) is 2.30. The fraction of sp³-hybridized carbons (Fsp3) is 0.455. The molecular formula is C11H15ClN2O3. The lowest BCUT2D eigenvalue weighted by atomic mass is 10.3. The van der Waals surface area contributed by atoms with Gasteiger partial charge in [-0.05, 0) is 18.6 Å². The summed E-state index contributed by atoms with van der Waals surface area (Å²) in [6.07, 6.45) is 1.50. The number of aryl methyl sites for hydroxylation is 1. The Kier molecular flexibility index (Phi) is 5.90. The first-order valence-electron chi connectivity index (χ1n) is 5.12. The summed E-state index contributed by atoms with van der Waals surface area (Å²) < 4.78 is 9.87. The van der Waals surface area contributed by atoms with Crippen LogP contribution in [-0.4, -0.2) is 37.8 Å². The molecule has 0 saturated heterocycles. The Morgan fingerprint density at radius 2 is 2.29 bits per heavy atom. The van der Waals surface area contributed by atoms with Gasteiger partial charge in [0, 0.05) is 7.11 Å². The van der Waals surface area contributed by atoms with E-state index < -0.39 is 0 Å². The Morgan fingerprint density at radius 1 is 1.53 bits per heavy atom. The number of pyridine rings is 1. The fourth-order valence-corrected chi connectivity index (χ4v) is 1.23. The van der Waals surface area contributed by atoms with Crippen LogP contribution in [0, 0.1) is 6.92 Å². The molecule has 0 unspecified atom stereocenters. The zero-order valence-electron chi connectivity index (χ0n) is 9.83. The van der Waals surface area contributed by atoms with Gasteiger partial charge in [0.2, 0.25) is 5.91 Å². The maximum atomic E-state index is 11.4. The van der Waals surface area contributed by atoms with Crippen LogP contribution in [0.25, 0.3) is 0 Å². The summed E-state index contributed by atoms with van der Waals surface area (Å²) in [5.41, 5.74) is 1.41. The van der Waals surface area contributed by atoms with Gasteiger partial charge in [-0.3, -0.25) is 4.79 Å². The van der Waals surface area contributed by atoms with Crippen LogP contribution < -0.4 is 5.32 Å². The van der Waals surface area contributed by atoms with Crippen molar-refractivity contribution in [3.8, 4) is 0 Å². The lowest BCUT2D eigenvalue weighted by Crippen LogP contribution is -2.19. The topological polar surface area (TPSA) is 60.5 Å². The summed E-state index contributed by atoms with van der Waals surface area (Å²) in [5.74, 6) is -0.232. The van der Waals surface area contributed by atoms with Crippen molar-refractivity contribution in [2.75, 3.05) is 32.2 Å². The predicted octanol–water partition coefficient (Wildman–Crippen LogP) is 1.64. The zero-order chi connectivity index (χ0) is 12.7. The Bertz CT molecular complexity index is 385. The third-order valence-corrected chi connectivity index (χ3v) is 2.36. The van der Waals surface area contributed by atoms with Crippen LogP contribution in [0.4, 0.5) is 5.69 Å². The van der Waals surface area contributed by atoms with E-state index in [-0.39, 0.29) is 12.5 Å². The Labute approximate surface area is 105 Å². The number of carbonyl (C=O) groups is 1. The van der Waals surface area contributed by atoms with Gasteiger partial charge in [-0.15, -0.1) is 0 Å². The number of hydrogen-bond acceptors (Lipinski definition) is 4. The molecule has 0 aliphatic carbocycles. The number of methoxy groups -OCH3 is 1. The monoisotopic (exact) mass is 258 g/mol. The number of anilines is 1. The van der Waals surface area contributed by atoms with E-state index in [1.807, 2.05) is 6.92 Å². The van der Waals surface area contributed by atoms with Gasteiger partial charge in [0.05, 0.1) is 25.1 Å². The Morgan fingerprint density at radius 3 is 2.94 bits per heavy atom. The second-order valence-corrected chi connectivity index (χ2v) is 3.78. The van der Waals surface area contributed by atoms with Crippen LogP contribution in [0.1, 0.15) is 5.56 Å². The van der Waals surface area contributed by atoms with Crippen molar-refractivity contribution >= 4 is 23.2 Å². The van der Waals surface area contributed by atoms with E-state index >= 15 is 0 Å². The van der Waals surface area contributed by atoms with Gasteiger partial charge in [0.25, 0.3) is 0 Å². The van der Waals surface area contributed by atoms with Crippen LogP contribution in [0.15, 0.2) is 12.3 Å². The standard InChI is InChI=1S/C11H15ClN2O3/c1-8-5-9(6-13-11(8)12)14-10(15)7-17-4-3-16-2/h5-6H,3-4,7H2,1-2H3,(H,14,15). The number of carbonyl (C=O) groups excluding carboxylic acids is 1. The van der Waals surface area contributed by atoms with Gasteiger partial charge in [0.1, 0.15) is 11.8 Å². The molecule has 0 aliphatic heterocycles. The Balaban J connectivity index is 2.37. The quantitative estimate of drug-likeness (QED) is 0.623. The first-order chi connectivity index (χ1) is 8.13. The summed E-state index contributed by atoms with van der Waals surface area (Å²) in [5, 5.41) is 3.09. The van der Waals surface area contributed by atoms with E-state index in [4.69, 9.17) is 21.1 Å². The van der Waals surface area contributed by atoms with E-state index in [0.717, 1.165) is 5.56 Å². The molecule has 94 valence electrons. The van der Waals surface area contributed by atoms with Crippen LogP contribution >= 0.6 is 11.6 Å². The molecule has 0 aromatic carbocycles. The van der Waals surface area contributed by atoms with Gasteiger partial charge < -0.3 is 14.8 Å². The number of hydrogen-bond donors (Lipinski definition) is 1. The minimum absolute atomic E-state index is 0.00889. The van der Waals surface area contributed by atoms with Crippen molar-refractivity contribution in [2.24, 2.45) is 0 Å². The molecule has 0 bridgehead atoms. The van der Waals surface area contributed by atoms with Gasteiger partial charge in [-0.2, -0.15) is 0 Å². The highest BCUT2D eigenvalue weighted by atomic mass is 35.5. The van der Waals surface area contributed by atoms with Gasteiger partial charge in [-0.1, -0.05) is 11.6 Å². The fourth-order valence-electron chi connectivity index (χ4n) is 1.13. The third-order valence-electron chi connectivity index (χ3n) is 1.96. The van der Waals surface area contributed by atoms with E-state index in [1.165, 1.54) is 6.20 Å². The lowest BCUT2D eigenvalue weighted by Gasteiger charge is -2.06.